The van der Waals surface area contributed by atoms with Crippen LogP contribution in [0, 0.1) is 0 Å². The predicted octanol–water partition coefficient (Wildman–Crippen LogP) is 3.99. The molecule has 0 atom stereocenters. The summed E-state index contributed by atoms with van der Waals surface area (Å²) in [4.78, 5) is 11.8. The van der Waals surface area contributed by atoms with Crippen LogP contribution in [0.5, 0.6) is 17.2 Å². The number of hydrogen-bond donors (Lipinski definition) is 0. The van der Waals surface area contributed by atoms with E-state index in [1.165, 1.54) is 0 Å². The third-order valence-electron chi connectivity index (χ3n) is 3.35. The van der Waals surface area contributed by atoms with Gasteiger partial charge in [0.15, 0.2) is 11.5 Å². The molecule has 0 radical (unpaired) electrons. The van der Waals surface area contributed by atoms with Crippen molar-refractivity contribution in [3.8, 4) is 17.2 Å². The molecule has 0 aliphatic heterocycles. The minimum absolute atomic E-state index is 0.229. The largest absolute Gasteiger partial charge is 0.493 e. The van der Waals surface area contributed by atoms with Crippen molar-refractivity contribution in [2.75, 3.05) is 27.4 Å². The predicted molar refractivity (Wildman–Crippen MR) is 89.4 cm³/mol. The van der Waals surface area contributed by atoms with E-state index in [1.54, 1.807) is 32.4 Å². The van der Waals surface area contributed by atoms with Crippen molar-refractivity contribution in [1.82, 2.24) is 0 Å². The fraction of sp³-hybridized carbons (Fsp3) is 0.611. The SMILES string of the molecule is CCCCCCC(=O)Oc1ccc(OCCCOC)cc1OC. The Kier molecular flexibility index (Phi) is 9.87. The van der Waals surface area contributed by atoms with Crippen LogP contribution in [0.4, 0.5) is 0 Å². The maximum atomic E-state index is 11.8. The van der Waals surface area contributed by atoms with E-state index in [4.69, 9.17) is 18.9 Å². The first-order valence-corrected chi connectivity index (χ1v) is 8.21. The Balaban J connectivity index is 2.50. The highest BCUT2D eigenvalue weighted by molar-refractivity contribution is 5.73. The summed E-state index contributed by atoms with van der Waals surface area (Å²) in [7, 11) is 3.21. The number of rotatable bonds is 12. The normalized spacial score (nSPS) is 10.4. The first kappa shape index (κ1) is 19.3. The van der Waals surface area contributed by atoms with Crippen molar-refractivity contribution in [3.63, 3.8) is 0 Å². The second kappa shape index (κ2) is 11.8. The zero-order valence-electron chi connectivity index (χ0n) is 14.4. The van der Waals surface area contributed by atoms with Crippen LogP contribution in [0.2, 0.25) is 0 Å². The van der Waals surface area contributed by atoms with Crippen LogP contribution in [0.3, 0.4) is 0 Å². The molecule has 0 aliphatic carbocycles. The minimum Gasteiger partial charge on any atom is -0.493 e. The quantitative estimate of drug-likeness (QED) is 0.331. The second-order valence-corrected chi connectivity index (χ2v) is 5.29. The molecule has 23 heavy (non-hydrogen) atoms. The van der Waals surface area contributed by atoms with Gasteiger partial charge in [0.25, 0.3) is 0 Å². The zero-order valence-corrected chi connectivity index (χ0v) is 14.4. The van der Waals surface area contributed by atoms with E-state index >= 15 is 0 Å². The molecule has 0 unspecified atom stereocenters. The van der Waals surface area contributed by atoms with E-state index in [2.05, 4.69) is 6.92 Å². The van der Waals surface area contributed by atoms with E-state index in [9.17, 15) is 4.79 Å². The number of esters is 1. The molecule has 1 aromatic carbocycles. The standard InChI is InChI=1S/C18H28O5/c1-4-5-6-7-9-18(19)23-16-11-10-15(14-17(16)21-3)22-13-8-12-20-2/h10-11,14H,4-9,12-13H2,1-3H3. The van der Waals surface area contributed by atoms with Gasteiger partial charge >= 0.3 is 5.97 Å². The lowest BCUT2D eigenvalue weighted by Gasteiger charge is -2.12. The molecule has 0 bridgehead atoms. The Hall–Kier alpha value is -1.75. The van der Waals surface area contributed by atoms with E-state index < -0.39 is 0 Å². The van der Waals surface area contributed by atoms with Gasteiger partial charge in [-0.2, -0.15) is 0 Å². The van der Waals surface area contributed by atoms with Crippen LogP contribution in [-0.4, -0.2) is 33.4 Å². The molecule has 0 N–H and O–H groups in total. The Morgan fingerprint density at radius 3 is 2.52 bits per heavy atom. The van der Waals surface area contributed by atoms with Gasteiger partial charge in [-0.05, 0) is 18.6 Å². The lowest BCUT2D eigenvalue weighted by atomic mass is 10.1. The Morgan fingerprint density at radius 2 is 1.83 bits per heavy atom. The highest BCUT2D eigenvalue weighted by Gasteiger charge is 2.11. The first-order chi connectivity index (χ1) is 11.2. The Morgan fingerprint density at radius 1 is 1.00 bits per heavy atom. The second-order valence-electron chi connectivity index (χ2n) is 5.29. The lowest BCUT2D eigenvalue weighted by molar-refractivity contribution is -0.134. The molecule has 1 aromatic rings. The number of unbranched alkanes of at least 4 members (excludes halogenated alkanes) is 3. The molecule has 0 aliphatic rings. The highest BCUT2D eigenvalue weighted by Crippen LogP contribution is 2.31. The third kappa shape index (κ3) is 7.88. The number of carbonyl (C=O) groups excluding carboxylic acids is 1. The van der Waals surface area contributed by atoms with Crippen LogP contribution in [-0.2, 0) is 9.53 Å². The topological polar surface area (TPSA) is 54.0 Å². The fourth-order valence-electron chi connectivity index (χ4n) is 2.09. The van der Waals surface area contributed by atoms with E-state index in [-0.39, 0.29) is 5.97 Å². The highest BCUT2D eigenvalue weighted by atomic mass is 16.6. The molecule has 5 nitrogen and oxygen atoms in total. The van der Waals surface area contributed by atoms with Gasteiger partial charge in [-0.25, -0.2) is 0 Å². The van der Waals surface area contributed by atoms with E-state index in [0.29, 0.717) is 36.9 Å². The van der Waals surface area contributed by atoms with Gasteiger partial charge in [-0.1, -0.05) is 26.2 Å². The van der Waals surface area contributed by atoms with Gasteiger partial charge in [0.2, 0.25) is 0 Å². The lowest BCUT2D eigenvalue weighted by Crippen LogP contribution is -2.08. The number of ether oxygens (including phenoxy) is 4. The van der Waals surface area contributed by atoms with Crippen molar-refractivity contribution in [2.24, 2.45) is 0 Å². The fourth-order valence-corrected chi connectivity index (χ4v) is 2.09. The molecule has 1 rings (SSSR count). The minimum atomic E-state index is -0.229. The summed E-state index contributed by atoms with van der Waals surface area (Å²) < 4.78 is 21.2. The Bertz CT molecular complexity index is 459. The summed E-state index contributed by atoms with van der Waals surface area (Å²) in [5.74, 6) is 1.38. The van der Waals surface area contributed by atoms with E-state index in [1.807, 2.05) is 0 Å². The molecule has 0 fully saturated rings. The van der Waals surface area contributed by atoms with Crippen LogP contribution < -0.4 is 14.2 Å². The van der Waals surface area contributed by atoms with Crippen LogP contribution in [0.25, 0.3) is 0 Å². The van der Waals surface area contributed by atoms with Crippen molar-refractivity contribution < 1.29 is 23.7 Å². The molecule has 5 heteroatoms. The van der Waals surface area contributed by atoms with Crippen molar-refractivity contribution >= 4 is 5.97 Å². The first-order valence-electron chi connectivity index (χ1n) is 8.21. The van der Waals surface area contributed by atoms with Crippen LogP contribution in [0.1, 0.15) is 45.4 Å². The third-order valence-corrected chi connectivity index (χ3v) is 3.35. The number of carbonyl (C=O) groups is 1. The zero-order chi connectivity index (χ0) is 16.9. The number of hydrogen-bond acceptors (Lipinski definition) is 5. The maximum absolute atomic E-state index is 11.8. The van der Waals surface area contributed by atoms with Gasteiger partial charge in [0, 0.05) is 32.6 Å². The summed E-state index contributed by atoms with van der Waals surface area (Å²) in [5.41, 5.74) is 0. The molecule has 0 amide bonds. The van der Waals surface area contributed by atoms with E-state index in [0.717, 1.165) is 32.1 Å². The van der Waals surface area contributed by atoms with Crippen LogP contribution >= 0.6 is 0 Å². The van der Waals surface area contributed by atoms with Gasteiger partial charge in [0.05, 0.1) is 13.7 Å². The van der Waals surface area contributed by atoms with Crippen molar-refractivity contribution in [2.45, 2.75) is 45.4 Å². The molecule has 0 spiro atoms. The molecule has 130 valence electrons. The molecule has 0 saturated heterocycles. The van der Waals surface area contributed by atoms with Crippen LogP contribution in [0.15, 0.2) is 18.2 Å². The molecule has 0 saturated carbocycles. The average Bonchev–Trinajstić information content (AvgIpc) is 2.56. The van der Waals surface area contributed by atoms with Crippen molar-refractivity contribution in [1.29, 1.82) is 0 Å². The average molecular weight is 324 g/mol. The number of benzene rings is 1. The van der Waals surface area contributed by atoms with Gasteiger partial charge < -0.3 is 18.9 Å². The van der Waals surface area contributed by atoms with Gasteiger partial charge in [-0.3, -0.25) is 4.79 Å². The Labute approximate surface area is 138 Å². The summed E-state index contributed by atoms with van der Waals surface area (Å²) in [6.45, 7) is 3.36. The molecule has 0 heterocycles. The molecular weight excluding hydrogens is 296 g/mol. The van der Waals surface area contributed by atoms with Gasteiger partial charge in [0.1, 0.15) is 5.75 Å². The van der Waals surface area contributed by atoms with Gasteiger partial charge in [-0.15, -0.1) is 0 Å². The summed E-state index contributed by atoms with van der Waals surface area (Å²) in [5, 5.41) is 0. The molecular formula is C18H28O5. The summed E-state index contributed by atoms with van der Waals surface area (Å²) in [6, 6.07) is 5.20. The van der Waals surface area contributed by atoms with Crippen molar-refractivity contribution in [3.05, 3.63) is 18.2 Å². The summed E-state index contributed by atoms with van der Waals surface area (Å²) in [6.07, 6.45) is 5.44. The monoisotopic (exact) mass is 324 g/mol. The maximum Gasteiger partial charge on any atom is 0.311 e. The smallest absolute Gasteiger partial charge is 0.311 e. The summed E-state index contributed by atoms with van der Waals surface area (Å²) >= 11 is 0. The molecule has 0 aromatic heterocycles. The number of methoxy groups -OCH3 is 2.